The molecule has 0 spiro atoms. The number of hydrogen-bond acceptors (Lipinski definition) is 8. The lowest BCUT2D eigenvalue weighted by atomic mass is 10.1. The van der Waals surface area contributed by atoms with E-state index in [1.807, 2.05) is 26.8 Å². The van der Waals surface area contributed by atoms with Crippen molar-refractivity contribution in [3.05, 3.63) is 23.5 Å². The molecule has 0 unspecified atom stereocenters. The van der Waals surface area contributed by atoms with Crippen LogP contribution in [0, 0.1) is 0 Å². The number of aromatic nitrogens is 5. The number of carbonyl (C=O) groups excluding carboxylic acids is 1. The summed E-state index contributed by atoms with van der Waals surface area (Å²) in [5.74, 6) is 1.03. The van der Waals surface area contributed by atoms with Gasteiger partial charge in [-0.05, 0) is 59.4 Å². The third kappa shape index (κ3) is 3.37. The molecule has 4 heterocycles. The second kappa shape index (κ2) is 6.90. The number of pyridine rings is 1. The third-order valence-corrected chi connectivity index (χ3v) is 5.90. The van der Waals surface area contributed by atoms with E-state index in [1.165, 1.54) is 4.68 Å². The number of rotatable bonds is 2. The highest BCUT2D eigenvalue weighted by Crippen LogP contribution is 2.34. The van der Waals surface area contributed by atoms with Gasteiger partial charge in [0.25, 0.3) is 0 Å². The average Bonchev–Trinajstić information content (AvgIpc) is 3.29. The molecule has 1 aliphatic heterocycles. The van der Waals surface area contributed by atoms with Gasteiger partial charge in [-0.1, -0.05) is 0 Å². The van der Waals surface area contributed by atoms with Crippen molar-refractivity contribution in [2.75, 3.05) is 17.2 Å². The Hall–Kier alpha value is -3.23. The lowest BCUT2D eigenvalue weighted by Crippen LogP contribution is -2.46. The zero-order valence-electron chi connectivity index (χ0n) is 18.3. The fraction of sp³-hybridized carbons (Fsp3) is 0.500. The summed E-state index contributed by atoms with van der Waals surface area (Å²) in [6.45, 7) is 8.59. The van der Waals surface area contributed by atoms with Gasteiger partial charge in [0.2, 0.25) is 5.95 Å². The minimum Gasteiger partial charge on any atom is -0.442 e. The fourth-order valence-electron chi connectivity index (χ4n) is 4.18. The molecule has 31 heavy (non-hydrogen) atoms. The summed E-state index contributed by atoms with van der Waals surface area (Å²) < 4.78 is 6.61. The van der Waals surface area contributed by atoms with Crippen LogP contribution >= 0.6 is 0 Å². The van der Waals surface area contributed by atoms with E-state index in [4.69, 9.17) is 20.4 Å². The highest BCUT2D eigenvalue weighted by atomic mass is 16.6. The zero-order chi connectivity index (χ0) is 21.9. The lowest BCUT2D eigenvalue weighted by Gasteiger charge is -2.39. The summed E-state index contributed by atoms with van der Waals surface area (Å²) in [5.41, 5.74) is 9.87. The predicted octanol–water partition coefficient (Wildman–Crippen LogP) is 3.34. The van der Waals surface area contributed by atoms with Crippen molar-refractivity contribution < 1.29 is 9.53 Å². The monoisotopic (exact) mass is 421 g/mol. The molecule has 2 N–H and O–H groups in total. The molecule has 1 aliphatic carbocycles. The predicted molar refractivity (Wildman–Crippen MR) is 118 cm³/mol. The van der Waals surface area contributed by atoms with Crippen molar-refractivity contribution in [3.63, 3.8) is 0 Å². The topological polar surface area (TPSA) is 112 Å². The quantitative estimate of drug-likeness (QED) is 0.670. The number of nitrogens with zero attached hydrogens (tertiary/aromatic N) is 6. The Morgan fingerprint density at radius 3 is 2.74 bits per heavy atom. The summed E-state index contributed by atoms with van der Waals surface area (Å²) >= 11 is 0. The standard InChI is InChI=1S/C22H27N7O2/c1-12-8-9-28(12)20-25-15-7-5-6-13(15)18(26-20)16-10-14-17(11-24-16)29(27-19(14)23)21(30)31-22(2,3)4/h10-12H,5-9H2,1-4H3,(H2,23,27)/t12-/m0/s1. The molecule has 0 amide bonds. The maximum atomic E-state index is 12.6. The molecule has 3 aromatic rings. The van der Waals surface area contributed by atoms with Crippen LogP contribution in [0.2, 0.25) is 0 Å². The van der Waals surface area contributed by atoms with Crippen LogP contribution in [0.5, 0.6) is 0 Å². The van der Waals surface area contributed by atoms with E-state index in [1.54, 1.807) is 6.20 Å². The molecule has 0 bridgehead atoms. The van der Waals surface area contributed by atoms with Gasteiger partial charge < -0.3 is 15.4 Å². The average molecular weight is 422 g/mol. The molecule has 1 atom stereocenters. The van der Waals surface area contributed by atoms with Crippen LogP contribution in [0.25, 0.3) is 22.3 Å². The van der Waals surface area contributed by atoms with Crippen molar-refractivity contribution in [1.29, 1.82) is 0 Å². The molecule has 162 valence electrons. The van der Waals surface area contributed by atoms with Gasteiger partial charge in [0.05, 0.1) is 17.6 Å². The Bertz CT molecular complexity index is 1190. The van der Waals surface area contributed by atoms with Gasteiger partial charge in [0, 0.05) is 29.2 Å². The van der Waals surface area contributed by atoms with E-state index < -0.39 is 11.7 Å². The molecular formula is C22H27N7O2. The first kappa shape index (κ1) is 19.7. The molecular weight excluding hydrogens is 394 g/mol. The van der Waals surface area contributed by atoms with Crippen molar-refractivity contribution in [2.45, 2.75) is 65.0 Å². The summed E-state index contributed by atoms with van der Waals surface area (Å²) in [7, 11) is 0. The molecule has 9 nitrogen and oxygen atoms in total. The maximum absolute atomic E-state index is 12.6. The van der Waals surface area contributed by atoms with Crippen LogP contribution in [0.3, 0.4) is 0 Å². The van der Waals surface area contributed by atoms with Crippen LogP contribution in [0.15, 0.2) is 12.3 Å². The number of fused-ring (bicyclic) bond motifs is 2. The van der Waals surface area contributed by atoms with E-state index in [2.05, 4.69) is 21.9 Å². The Labute approximate surface area is 180 Å². The zero-order valence-corrected chi connectivity index (χ0v) is 18.3. The number of anilines is 2. The van der Waals surface area contributed by atoms with Gasteiger partial charge in [-0.25, -0.2) is 14.8 Å². The highest BCUT2D eigenvalue weighted by molar-refractivity contribution is 5.96. The summed E-state index contributed by atoms with van der Waals surface area (Å²) in [5, 5.41) is 4.85. The molecule has 0 aromatic carbocycles. The van der Waals surface area contributed by atoms with Crippen molar-refractivity contribution in [3.8, 4) is 11.4 Å². The first-order valence-corrected chi connectivity index (χ1v) is 10.8. The van der Waals surface area contributed by atoms with Crippen LogP contribution in [-0.2, 0) is 17.6 Å². The number of ether oxygens (including phenoxy) is 1. The SMILES string of the molecule is C[C@H]1CCN1c1nc2c(c(-c3cc4c(N)nn(C(=O)OC(C)(C)C)c4cn3)n1)CCC2. The van der Waals surface area contributed by atoms with Crippen LogP contribution in [-0.4, -0.2) is 49.0 Å². The fourth-order valence-corrected chi connectivity index (χ4v) is 4.18. The van der Waals surface area contributed by atoms with Gasteiger partial charge in [-0.3, -0.25) is 4.98 Å². The van der Waals surface area contributed by atoms with Crippen molar-refractivity contribution in [2.24, 2.45) is 0 Å². The van der Waals surface area contributed by atoms with E-state index in [0.717, 1.165) is 60.8 Å². The molecule has 5 rings (SSSR count). The van der Waals surface area contributed by atoms with Gasteiger partial charge in [0.1, 0.15) is 11.1 Å². The maximum Gasteiger partial charge on any atom is 0.435 e. The van der Waals surface area contributed by atoms with E-state index >= 15 is 0 Å². The van der Waals surface area contributed by atoms with Gasteiger partial charge in [-0.15, -0.1) is 5.10 Å². The molecule has 2 aliphatic rings. The van der Waals surface area contributed by atoms with Crippen LogP contribution in [0.4, 0.5) is 16.6 Å². The summed E-state index contributed by atoms with van der Waals surface area (Å²) in [4.78, 5) is 29.2. The number of nitrogen functional groups attached to an aromatic ring is 1. The van der Waals surface area contributed by atoms with Crippen LogP contribution < -0.4 is 10.6 Å². The largest absolute Gasteiger partial charge is 0.442 e. The van der Waals surface area contributed by atoms with Gasteiger partial charge in [-0.2, -0.15) is 4.68 Å². The second-order valence-corrected chi connectivity index (χ2v) is 9.35. The Kier molecular flexibility index (Phi) is 4.39. The third-order valence-electron chi connectivity index (χ3n) is 5.90. The first-order chi connectivity index (χ1) is 14.7. The number of carbonyl (C=O) groups is 1. The molecule has 1 fully saturated rings. The summed E-state index contributed by atoms with van der Waals surface area (Å²) in [6, 6.07) is 2.31. The number of hydrogen-bond donors (Lipinski definition) is 1. The Balaban J connectivity index is 1.59. The minimum absolute atomic E-state index is 0.256. The van der Waals surface area contributed by atoms with Gasteiger partial charge >= 0.3 is 6.09 Å². The Morgan fingerprint density at radius 2 is 2.06 bits per heavy atom. The molecule has 0 radical (unpaired) electrons. The second-order valence-electron chi connectivity index (χ2n) is 9.35. The molecule has 0 saturated carbocycles. The van der Waals surface area contributed by atoms with E-state index in [9.17, 15) is 4.79 Å². The molecule has 9 heteroatoms. The molecule has 1 saturated heterocycles. The highest BCUT2D eigenvalue weighted by Gasteiger charge is 2.30. The Morgan fingerprint density at radius 1 is 1.26 bits per heavy atom. The van der Waals surface area contributed by atoms with E-state index in [0.29, 0.717) is 16.9 Å². The van der Waals surface area contributed by atoms with Crippen molar-refractivity contribution in [1.82, 2.24) is 24.7 Å². The van der Waals surface area contributed by atoms with Crippen LogP contribution in [0.1, 0.15) is 51.8 Å². The molecule has 3 aromatic heterocycles. The van der Waals surface area contributed by atoms with Gasteiger partial charge in [0.15, 0.2) is 5.82 Å². The lowest BCUT2D eigenvalue weighted by molar-refractivity contribution is 0.0523. The van der Waals surface area contributed by atoms with Crippen molar-refractivity contribution >= 4 is 28.8 Å². The minimum atomic E-state index is -0.636. The first-order valence-electron chi connectivity index (χ1n) is 10.8. The smallest absolute Gasteiger partial charge is 0.435 e. The normalized spacial score (nSPS) is 18.2. The number of aryl methyl sites for hydroxylation is 1. The number of nitrogens with two attached hydrogens (primary N) is 1. The summed E-state index contributed by atoms with van der Waals surface area (Å²) in [6.07, 6.45) is 5.15. The van der Waals surface area contributed by atoms with E-state index in [-0.39, 0.29) is 5.82 Å².